The van der Waals surface area contributed by atoms with Gasteiger partial charge in [-0.2, -0.15) is 0 Å². The first-order valence-electron chi connectivity index (χ1n) is 6.19. The molecular formula is C13H17ClN2O4. The second kappa shape index (κ2) is 7.72. The summed E-state index contributed by atoms with van der Waals surface area (Å²) < 4.78 is 0. The SMILES string of the molecule is CCCN(CCO)C(=O)Nc1ccc(C(=O)O)c(Cl)c1. The molecule has 3 N–H and O–H groups in total. The van der Waals surface area contributed by atoms with Crippen molar-refractivity contribution in [3.63, 3.8) is 0 Å². The number of carbonyl (C=O) groups is 2. The summed E-state index contributed by atoms with van der Waals surface area (Å²) in [6.07, 6.45) is 0.770. The highest BCUT2D eigenvalue weighted by Crippen LogP contribution is 2.21. The normalized spacial score (nSPS) is 10.2. The van der Waals surface area contributed by atoms with E-state index in [2.05, 4.69) is 5.32 Å². The fourth-order valence-corrected chi connectivity index (χ4v) is 1.94. The van der Waals surface area contributed by atoms with Crippen LogP contribution in [0.3, 0.4) is 0 Å². The minimum absolute atomic E-state index is 0.0227. The van der Waals surface area contributed by atoms with E-state index < -0.39 is 5.97 Å². The molecule has 20 heavy (non-hydrogen) atoms. The number of carboxylic acid groups (broad SMARTS) is 1. The highest BCUT2D eigenvalue weighted by Gasteiger charge is 2.14. The van der Waals surface area contributed by atoms with Crippen LogP contribution in [0.2, 0.25) is 5.02 Å². The van der Waals surface area contributed by atoms with Crippen molar-refractivity contribution in [2.24, 2.45) is 0 Å². The molecular weight excluding hydrogens is 284 g/mol. The second-order valence-electron chi connectivity index (χ2n) is 4.14. The van der Waals surface area contributed by atoms with Crippen molar-refractivity contribution < 1.29 is 19.8 Å². The molecule has 0 aliphatic carbocycles. The lowest BCUT2D eigenvalue weighted by Gasteiger charge is -2.21. The third-order valence-electron chi connectivity index (χ3n) is 2.60. The zero-order valence-corrected chi connectivity index (χ0v) is 11.9. The van der Waals surface area contributed by atoms with Gasteiger partial charge in [0.2, 0.25) is 0 Å². The summed E-state index contributed by atoms with van der Waals surface area (Å²) in [5, 5.41) is 20.4. The Morgan fingerprint density at radius 2 is 2.05 bits per heavy atom. The zero-order chi connectivity index (χ0) is 15.1. The van der Waals surface area contributed by atoms with Crippen LogP contribution in [0.15, 0.2) is 18.2 Å². The van der Waals surface area contributed by atoms with E-state index in [1.807, 2.05) is 6.92 Å². The van der Waals surface area contributed by atoms with E-state index in [-0.39, 0.29) is 29.8 Å². The first-order valence-corrected chi connectivity index (χ1v) is 6.57. The van der Waals surface area contributed by atoms with Crippen LogP contribution in [0.1, 0.15) is 23.7 Å². The number of aromatic carboxylic acids is 1. The van der Waals surface area contributed by atoms with E-state index in [0.717, 1.165) is 6.42 Å². The minimum atomic E-state index is -1.12. The van der Waals surface area contributed by atoms with Gasteiger partial charge in [-0.05, 0) is 24.6 Å². The lowest BCUT2D eigenvalue weighted by molar-refractivity contribution is 0.0697. The maximum Gasteiger partial charge on any atom is 0.337 e. The average molecular weight is 301 g/mol. The number of aliphatic hydroxyl groups excluding tert-OH is 1. The summed E-state index contributed by atoms with van der Waals surface area (Å²) in [7, 11) is 0. The standard InChI is InChI=1S/C13H17ClN2O4/c1-2-5-16(6-7-17)13(20)15-9-3-4-10(12(18)19)11(14)8-9/h3-4,8,17H,2,5-7H2,1H3,(H,15,20)(H,18,19). The van der Waals surface area contributed by atoms with Crippen LogP contribution >= 0.6 is 11.6 Å². The summed E-state index contributed by atoms with van der Waals surface area (Å²) in [4.78, 5) is 24.3. The number of halogens is 1. The smallest absolute Gasteiger partial charge is 0.337 e. The third kappa shape index (κ3) is 4.40. The van der Waals surface area contributed by atoms with Crippen molar-refractivity contribution in [2.75, 3.05) is 25.0 Å². The lowest BCUT2D eigenvalue weighted by Crippen LogP contribution is -2.37. The molecule has 0 saturated carbocycles. The number of amides is 2. The van der Waals surface area contributed by atoms with Gasteiger partial charge in [0, 0.05) is 18.8 Å². The molecule has 0 aromatic heterocycles. The van der Waals surface area contributed by atoms with Crippen LogP contribution in [0.4, 0.5) is 10.5 Å². The molecule has 0 saturated heterocycles. The summed E-state index contributed by atoms with van der Waals surface area (Å²) in [5.41, 5.74) is 0.384. The van der Waals surface area contributed by atoms with E-state index in [1.165, 1.54) is 23.1 Å². The maximum absolute atomic E-state index is 12.0. The number of nitrogens with zero attached hydrogens (tertiary/aromatic N) is 1. The number of nitrogens with one attached hydrogen (secondary N) is 1. The summed E-state index contributed by atoms with van der Waals surface area (Å²) in [6.45, 7) is 2.57. The number of carboxylic acids is 1. The van der Waals surface area contributed by atoms with Gasteiger partial charge in [0.25, 0.3) is 0 Å². The predicted octanol–water partition coefficient (Wildman–Crippen LogP) is 2.27. The molecule has 0 atom stereocenters. The Morgan fingerprint density at radius 1 is 1.35 bits per heavy atom. The van der Waals surface area contributed by atoms with E-state index >= 15 is 0 Å². The molecule has 7 heteroatoms. The Balaban J connectivity index is 2.79. The van der Waals surface area contributed by atoms with Crippen molar-refractivity contribution in [3.05, 3.63) is 28.8 Å². The number of anilines is 1. The fraction of sp³-hybridized carbons (Fsp3) is 0.385. The van der Waals surface area contributed by atoms with Crippen LogP contribution < -0.4 is 5.32 Å². The Labute approximate surface area is 122 Å². The molecule has 6 nitrogen and oxygen atoms in total. The van der Waals surface area contributed by atoms with E-state index in [4.69, 9.17) is 21.8 Å². The molecule has 0 spiro atoms. The summed E-state index contributed by atoms with van der Waals surface area (Å²) in [5.74, 6) is -1.12. The molecule has 1 aromatic rings. The average Bonchev–Trinajstić information content (AvgIpc) is 2.38. The van der Waals surface area contributed by atoms with Crippen LogP contribution in [-0.2, 0) is 0 Å². The number of hydrogen-bond donors (Lipinski definition) is 3. The molecule has 0 aliphatic heterocycles. The largest absolute Gasteiger partial charge is 0.478 e. The lowest BCUT2D eigenvalue weighted by atomic mass is 10.2. The van der Waals surface area contributed by atoms with Gasteiger partial charge < -0.3 is 20.4 Å². The van der Waals surface area contributed by atoms with Crippen LogP contribution in [0, 0.1) is 0 Å². The van der Waals surface area contributed by atoms with Gasteiger partial charge in [0.05, 0.1) is 17.2 Å². The van der Waals surface area contributed by atoms with Crippen molar-refractivity contribution in [3.8, 4) is 0 Å². The van der Waals surface area contributed by atoms with Gasteiger partial charge in [0.15, 0.2) is 0 Å². The van der Waals surface area contributed by atoms with Gasteiger partial charge in [-0.15, -0.1) is 0 Å². The number of aliphatic hydroxyl groups is 1. The molecule has 0 bridgehead atoms. The molecule has 110 valence electrons. The number of hydrogen-bond acceptors (Lipinski definition) is 3. The fourth-order valence-electron chi connectivity index (χ4n) is 1.67. The van der Waals surface area contributed by atoms with E-state index in [1.54, 1.807) is 0 Å². The van der Waals surface area contributed by atoms with Crippen molar-refractivity contribution in [1.82, 2.24) is 4.90 Å². The van der Waals surface area contributed by atoms with Crippen molar-refractivity contribution in [2.45, 2.75) is 13.3 Å². The monoisotopic (exact) mass is 300 g/mol. The second-order valence-corrected chi connectivity index (χ2v) is 4.55. The Bertz CT molecular complexity index is 487. The van der Waals surface area contributed by atoms with Crippen molar-refractivity contribution >= 4 is 29.3 Å². The number of carbonyl (C=O) groups excluding carboxylic acids is 1. The van der Waals surface area contributed by atoms with Gasteiger partial charge in [-0.3, -0.25) is 0 Å². The maximum atomic E-state index is 12.0. The van der Waals surface area contributed by atoms with E-state index in [9.17, 15) is 9.59 Å². The molecule has 1 rings (SSSR count). The van der Waals surface area contributed by atoms with E-state index in [0.29, 0.717) is 12.2 Å². The Kier molecular flexibility index (Phi) is 6.27. The van der Waals surface area contributed by atoms with Crippen LogP contribution in [-0.4, -0.2) is 46.8 Å². The molecule has 0 unspecified atom stereocenters. The first-order chi connectivity index (χ1) is 9.49. The molecule has 0 heterocycles. The Hall–Kier alpha value is -1.79. The Morgan fingerprint density at radius 3 is 2.55 bits per heavy atom. The molecule has 1 aromatic carbocycles. The molecule has 0 aliphatic rings. The van der Waals surface area contributed by atoms with Gasteiger partial charge in [-0.1, -0.05) is 18.5 Å². The highest BCUT2D eigenvalue weighted by atomic mass is 35.5. The zero-order valence-electron chi connectivity index (χ0n) is 11.1. The van der Waals surface area contributed by atoms with Gasteiger partial charge in [-0.25, -0.2) is 9.59 Å². The van der Waals surface area contributed by atoms with Crippen molar-refractivity contribution in [1.29, 1.82) is 0 Å². The van der Waals surface area contributed by atoms with Gasteiger partial charge in [0.1, 0.15) is 0 Å². The summed E-state index contributed by atoms with van der Waals surface area (Å²) in [6, 6.07) is 3.82. The molecule has 0 radical (unpaired) electrons. The van der Waals surface area contributed by atoms with Crippen LogP contribution in [0.5, 0.6) is 0 Å². The van der Waals surface area contributed by atoms with Gasteiger partial charge >= 0.3 is 12.0 Å². The highest BCUT2D eigenvalue weighted by molar-refractivity contribution is 6.33. The minimum Gasteiger partial charge on any atom is -0.478 e. The topological polar surface area (TPSA) is 89.9 Å². The predicted molar refractivity (Wildman–Crippen MR) is 76.4 cm³/mol. The quantitative estimate of drug-likeness (QED) is 0.752. The third-order valence-corrected chi connectivity index (χ3v) is 2.91. The van der Waals surface area contributed by atoms with Crippen LogP contribution in [0.25, 0.3) is 0 Å². The first kappa shape index (κ1) is 16.3. The molecule has 2 amide bonds. The summed E-state index contributed by atoms with van der Waals surface area (Å²) >= 11 is 5.82. The number of urea groups is 1. The number of benzene rings is 1. The molecule has 0 fully saturated rings. The number of rotatable bonds is 6.